The highest BCUT2D eigenvalue weighted by Gasteiger charge is 2.29. The van der Waals surface area contributed by atoms with Crippen LogP contribution in [0.15, 0.2) is 29.3 Å². The molecule has 27 heavy (non-hydrogen) atoms. The van der Waals surface area contributed by atoms with Crippen molar-refractivity contribution in [2.24, 2.45) is 4.99 Å². The van der Waals surface area contributed by atoms with Crippen LogP contribution in [-0.4, -0.2) is 36.3 Å². The van der Waals surface area contributed by atoms with Crippen molar-refractivity contribution in [1.29, 1.82) is 0 Å². The third kappa shape index (κ3) is 4.67. The van der Waals surface area contributed by atoms with Crippen LogP contribution in [0.2, 0.25) is 0 Å². The molecule has 0 fully saturated rings. The number of carbonyl (C=O) groups excluding carboxylic acids is 2. The van der Waals surface area contributed by atoms with Gasteiger partial charge in [0, 0.05) is 18.3 Å². The highest BCUT2D eigenvalue weighted by Crippen LogP contribution is 2.38. The lowest BCUT2D eigenvalue weighted by atomic mass is 10.1. The maximum absolute atomic E-state index is 12.3. The molecular formula is C17H17N3O6S. The minimum atomic E-state index is -0.732. The molecule has 0 atom stereocenters. The number of non-ortho nitro benzene ring substituents is 1. The summed E-state index contributed by atoms with van der Waals surface area (Å²) in [7, 11) is 0. The van der Waals surface area contributed by atoms with E-state index in [0.29, 0.717) is 5.56 Å². The van der Waals surface area contributed by atoms with E-state index in [2.05, 4.69) is 4.99 Å². The number of carbonyl (C=O) groups is 2. The van der Waals surface area contributed by atoms with E-state index in [-0.39, 0.29) is 40.0 Å². The van der Waals surface area contributed by atoms with Gasteiger partial charge in [-0.2, -0.15) is 0 Å². The lowest BCUT2D eigenvalue weighted by Crippen LogP contribution is -2.13. The number of hydrogen-bond donors (Lipinski definition) is 1. The topological polar surface area (TPSA) is 134 Å². The maximum atomic E-state index is 12.3. The third-order valence-electron chi connectivity index (χ3n) is 3.31. The van der Waals surface area contributed by atoms with Crippen LogP contribution in [0, 0.1) is 10.1 Å². The number of thiophene rings is 1. The van der Waals surface area contributed by atoms with E-state index in [9.17, 15) is 19.7 Å². The van der Waals surface area contributed by atoms with Gasteiger partial charge in [-0.25, -0.2) is 14.6 Å². The first kappa shape index (κ1) is 20.0. The van der Waals surface area contributed by atoms with Crippen LogP contribution in [0.3, 0.4) is 0 Å². The second-order valence-corrected chi connectivity index (χ2v) is 6.10. The molecule has 1 aromatic heterocycles. The monoisotopic (exact) mass is 391 g/mol. The Morgan fingerprint density at radius 1 is 1.15 bits per heavy atom. The van der Waals surface area contributed by atoms with Crippen LogP contribution in [0.5, 0.6) is 0 Å². The molecule has 0 spiro atoms. The molecule has 2 N–H and O–H groups in total. The molecule has 0 unspecified atom stereocenters. The maximum Gasteiger partial charge on any atom is 0.342 e. The van der Waals surface area contributed by atoms with Crippen LogP contribution >= 0.6 is 11.3 Å². The fraction of sp³-hybridized carbons (Fsp3) is 0.235. The number of benzene rings is 1. The summed E-state index contributed by atoms with van der Waals surface area (Å²) in [6, 6.07) is 5.69. The Balaban J connectivity index is 2.43. The second-order valence-electron chi connectivity index (χ2n) is 5.07. The van der Waals surface area contributed by atoms with Gasteiger partial charge in [-0.15, -0.1) is 0 Å². The van der Waals surface area contributed by atoms with E-state index >= 15 is 0 Å². The highest BCUT2D eigenvalue weighted by molar-refractivity contribution is 7.20. The van der Waals surface area contributed by atoms with Gasteiger partial charge in [-0.3, -0.25) is 10.1 Å². The van der Waals surface area contributed by atoms with Gasteiger partial charge >= 0.3 is 11.9 Å². The number of nitro benzene ring substituents is 1. The van der Waals surface area contributed by atoms with Gasteiger partial charge in [0.15, 0.2) is 0 Å². The molecule has 2 rings (SSSR count). The SMILES string of the molecule is CCOC(=O)c1c(N)sc(/N=C/c2ccc([N+](=O)[O-])cc2)c1C(=O)OCC. The third-order valence-corrected chi connectivity index (χ3v) is 4.24. The number of nitrogens with two attached hydrogens (primary N) is 1. The van der Waals surface area contributed by atoms with E-state index in [1.165, 1.54) is 30.5 Å². The van der Waals surface area contributed by atoms with E-state index < -0.39 is 16.9 Å². The Labute approximate surface area is 158 Å². The van der Waals surface area contributed by atoms with Gasteiger partial charge in [0.25, 0.3) is 5.69 Å². The average molecular weight is 391 g/mol. The lowest BCUT2D eigenvalue weighted by Gasteiger charge is -2.05. The molecule has 0 saturated heterocycles. The zero-order chi connectivity index (χ0) is 20.0. The summed E-state index contributed by atoms with van der Waals surface area (Å²) < 4.78 is 9.95. The minimum Gasteiger partial charge on any atom is -0.462 e. The van der Waals surface area contributed by atoms with Crippen LogP contribution in [0.1, 0.15) is 40.1 Å². The van der Waals surface area contributed by atoms with E-state index in [4.69, 9.17) is 15.2 Å². The number of ether oxygens (including phenoxy) is 2. The Kier molecular flexibility index (Phi) is 6.61. The Morgan fingerprint density at radius 3 is 2.22 bits per heavy atom. The first-order chi connectivity index (χ1) is 12.9. The van der Waals surface area contributed by atoms with Crippen LogP contribution in [0.4, 0.5) is 15.7 Å². The number of rotatable bonds is 7. The van der Waals surface area contributed by atoms with E-state index in [1.54, 1.807) is 13.8 Å². The Morgan fingerprint density at radius 2 is 1.70 bits per heavy atom. The van der Waals surface area contributed by atoms with Gasteiger partial charge in [0.1, 0.15) is 21.1 Å². The second kappa shape index (κ2) is 8.90. The molecule has 9 nitrogen and oxygen atoms in total. The van der Waals surface area contributed by atoms with Gasteiger partial charge in [0.05, 0.1) is 18.1 Å². The zero-order valence-corrected chi connectivity index (χ0v) is 15.4. The molecule has 10 heteroatoms. The van der Waals surface area contributed by atoms with E-state index in [0.717, 1.165) is 11.3 Å². The molecule has 1 heterocycles. The number of nitrogen functional groups attached to an aromatic ring is 1. The standard InChI is InChI=1S/C17H17N3O6S/c1-3-25-16(21)12-13(17(22)26-4-2)15(27-14(12)18)19-9-10-5-7-11(8-6-10)20(23)24/h5-9H,3-4,18H2,1-2H3/b19-9+. The number of hydrogen-bond acceptors (Lipinski definition) is 9. The molecule has 0 bridgehead atoms. The molecule has 0 aliphatic rings. The summed E-state index contributed by atoms with van der Waals surface area (Å²) in [5.41, 5.74) is 6.28. The average Bonchev–Trinajstić information content (AvgIpc) is 2.97. The minimum absolute atomic E-state index is 0.0515. The van der Waals surface area contributed by atoms with Crippen molar-refractivity contribution in [1.82, 2.24) is 0 Å². The highest BCUT2D eigenvalue weighted by atomic mass is 32.1. The number of aliphatic imine (C=N–C) groups is 1. The molecule has 142 valence electrons. The summed E-state index contributed by atoms with van der Waals surface area (Å²) in [5.74, 6) is -1.46. The van der Waals surface area contributed by atoms with Crippen LogP contribution < -0.4 is 5.73 Å². The molecule has 0 aliphatic heterocycles. The largest absolute Gasteiger partial charge is 0.462 e. The fourth-order valence-electron chi connectivity index (χ4n) is 2.14. The first-order valence-electron chi connectivity index (χ1n) is 7.94. The van der Waals surface area contributed by atoms with Crippen molar-refractivity contribution in [3.63, 3.8) is 0 Å². The Hall–Kier alpha value is -3.27. The molecular weight excluding hydrogens is 374 g/mol. The molecule has 0 aliphatic carbocycles. The molecule has 2 aromatic rings. The summed E-state index contributed by atoms with van der Waals surface area (Å²) in [6.07, 6.45) is 1.41. The molecule has 0 radical (unpaired) electrons. The quantitative estimate of drug-likeness (QED) is 0.331. The van der Waals surface area contributed by atoms with Crippen molar-refractivity contribution >= 4 is 45.2 Å². The van der Waals surface area contributed by atoms with Crippen molar-refractivity contribution in [3.8, 4) is 0 Å². The predicted octanol–water partition coefficient (Wildman–Crippen LogP) is 3.34. The normalized spacial score (nSPS) is 10.7. The van der Waals surface area contributed by atoms with Crippen molar-refractivity contribution < 1.29 is 24.0 Å². The summed E-state index contributed by atoms with van der Waals surface area (Å²) >= 11 is 0.947. The van der Waals surface area contributed by atoms with Gasteiger partial charge in [0.2, 0.25) is 0 Å². The van der Waals surface area contributed by atoms with Crippen LogP contribution in [-0.2, 0) is 9.47 Å². The molecule has 0 amide bonds. The predicted molar refractivity (Wildman–Crippen MR) is 101 cm³/mol. The molecule has 0 saturated carbocycles. The van der Waals surface area contributed by atoms with Crippen molar-refractivity contribution in [2.45, 2.75) is 13.8 Å². The van der Waals surface area contributed by atoms with Crippen LogP contribution in [0.25, 0.3) is 0 Å². The zero-order valence-electron chi connectivity index (χ0n) is 14.6. The van der Waals surface area contributed by atoms with Gasteiger partial charge < -0.3 is 15.2 Å². The smallest absolute Gasteiger partial charge is 0.342 e. The summed E-state index contributed by atoms with van der Waals surface area (Å²) in [6.45, 7) is 3.51. The van der Waals surface area contributed by atoms with Crippen molar-refractivity contribution in [2.75, 3.05) is 18.9 Å². The number of nitro groups is 1. The Bertz CT molecular complexity index is 889. The van der Waals surface area contributed by atoms with Crippen molar-refractivity contribution in [3.05, 3.63) is 51.1 Å². The summed E-state index contributed by atoms with van der Waals surface area (Å²) in [5, 5.41) is 11.0. The summed E-state index contributed by atoms with van der Waals surface area (Å²) in [4.78, 5) is 38.9. The van der Waals surface area contributed by atoms with E-state index in [1.807, 2.05) is 0 Å². The fourth-order valence-corrected chi connectivity index (χ4v) is 3.03. The van der Waals surface area contributed by atoms with Gasteiger partial charge in [-0.05, 0) is 31.5 Å². The van der Waals surface area contributed by atoms with Gasteiger partial charge in [-0.1, -0.05) is 11.3 Å². The number of anilines is 1. The first-order valence-corrected chi connectivity index (χ1v) is 8.75. The number of nitrogens with zero attached hydrogens (tertiary/aromatic N) is 2. The molecule has 1 aromatic carbocycles. The lowest BCUT2D eigenvalue weighted by molar-refractivity contribution is -0.384. The number of esters is 2.